The lowest BCUT2D eigenvalue weighted by atomic mass is 10.1. The maximum atomic E-state index is 11.8. The zero-order valence-corrected chi connectivity index (χ0v) is 11.8. The monoisotopic (exact) mass is 318 g/mol. The Bertz CT molecular complexity index is 443. The van der Waals surface area contributed by atoms with Gasteiger partial charge in [-0.25, -0.2) is 4.79 Å². The molecule has 0 aliphatic carbocycles. The van der Waals surface area contributed by atoms with E-state index in [2.05, 4.69) is 15.9 Å². The Balaban J connectivity index is 3.10. The number of hydrogen-bond acceptors (Lipinski definition) is 3. The number of hydrogen-bond donors (Lipinski definition) is 0. The number of Topliss-reactive ketones (excluding diaryl/α,β-unsaturated/α-hetero) is 1. The molecule has 0 saturated carbocycles. The van der Waals surface area contributed by atoms with Crippen LogP contribution in [0.25, 0.3) is 0 Å². The Morgan fingerprint density at radius 3 is 2.65 bits per heavy atom. The average molecular weight is 320 g/mol. The van der Waals surface area contributed by atoms with Crippen LogP contribution in [0.15, 0.2) is 22.7 Å². The third-order valence-corrected chi connectivity index (χ3v) is 2.99. The molecule has 0 heterocycles. The van der Waals surface area contributed by atoms with E-state index in [0.29, 0.717) is 22.2 Å². The predicted octanol–water partition coefficient (Wildman–Crippen LogP) is 3.44. The van der Waals surface area contributed by atoms with Crippen molar-refractivity contribution in [3.63, 3.8) is 0 Å². The Morgan fingerprint density at radius 1 is 1.47 bits per heavy atom. The third kappa shape index (κ3) is 3.54. The molecule has 0 saturated heterocycles. The molecule has 0 bridgehead atoms. The first-order valence-corrected chi connectivity index (χ1v) is 6.35. The lowest BCUT2D eigenvalue weighted by molar-refractivity contribution is 0.0526. The molecule has 1 aromatic carbocycles. The summed E-state index contributed by atoms with van der Waals surface area (Å²) >= 11 is 9.00. The number of alkyl halides is 1. The van der Waals surface area contributed by atoms with Gasteiger partial charge in [-0.15, -0.1) is 11.6 Å². The van der Waals surface area contributed by atoms with Crippen molar-refractivity contribution in [2.24, 2.45) is 0 Å². The van der Waals surface area contributed by atoms with Crippen molar-refractivity contribution in [2.45, 2.75) is 19.2 Å². The zero-order valence-electron chi connectivity index (χ0n) is 9.50. The highest BCUT2D eigenvalue weighted by Gasteiger charge is 2.18. The van der Waals surface area contributed by atoms with Crippen molar-refractivity contribution in [2.75, 3.05) is 6.61 Å². The first kappa shape index (κ1) is 14.2. The van der Waals surface area contributed by atoms with E-state index in [1.807, 2.05) is 0 Å². The zero-order chi connectivity index (χ0) is 13.0. The van der Waals surface area contributed by atoms with Gasteiger partial charge in [-0.2, -0.15) is 0 Å². The fourth-order valence-electron chi connectivity index (χ4n) is 1.27. The van der Waals surface area contributed by atoms with Gasteiger partial charge in [0.2, 0.25) is 0 Å². The van der Waals surface area contributed by atoms with E-state index in [0.717, 1.165) is 0 Å². The van der Waals surface area contributed by atoms with Crippen LogP contribution in [0.4, 0.5) is 0 Å². The SMILES string of the molecule is CCOC(=O)c1ccc(Br)c(C(=O)C(C)Cl)c1. The molecule has 1 aromatic rings. The molecule has 3 nitrogen and oxygen atoms in total. The molecule has 0 aliphatic rings. The molecule has 0 spiro atoms. The molecule has 0 amide bonds. The number of benzene rings is 1. The summed E-state index contributed by atoms with van der Waals surface area (Å²) in [7, 11) is 0. The van der Waals surface area contributed by atoms with Crippen LogP contribution in [0.1, 0.15) is 34.6 Å². The van der Waals surface area contributed by atoms with Crippen LogP contribution in [0.5, 0.6) is 0 Å². The van der Waals surface area contributed by atoms with Crippen molar-refractivity contribution in [1.82, 2.24) is 0 Å². The van der Waals surface area contributed by atoms with Crippen LogP contribution < -0.4 is 0 Å². The second kappa shape index (κ2) is 6.17. The smallest absolute Gasteiger partial charge is 0.338 e. The number of carbonyl (C=O) groups is 2. The summed E-state index contributed by atoms with van der Waals surface area (Å²) in [5, 5.41) is -0.635. The van der Waals surface area contributed by atoms with Crippen molar-refractivity contribution in [3.05, 3.63) is 33.8 Å². The standard InChI is InChI=1S/C12H12BrClO3/c1-3-17-12(16)8-4-5-10(13)9(6-8)11(15)7(2)14/h4-7H,3H2,1-2H3. The minimum atomic E-state index is -0.635. The number of rotatable bonds is 4. The number of ether oxygens (including phenoxy) is 1. The van der Waals surface area contributed by atoms with E-state index in [1.54, 1.807) is 26.0 Å². The number of halogens is 2. The van der Waals surface area contributed by atoms with Crippen LogP contribution in [-0.4, -0.2) is 23.7 Å². The molecular weight excluding hydrogens is 307 g/mol. The molecule has 0 aliphatic heterocycles. The molecule has 92 valence electrons. The van der Waals surface area contributed by atoms with Crippen LogP contribution in [0.3, 0.4) is 0 Å². The molecule has 0 radical (unpaired) electrons. The topological polar surface area (TPSA) is 43.4 Å². The average Bonchev–Trinajstić information content (AvgIpc) is 2.28. The van der Waals surface area contributed by atoms with Gasteiger partial charge < -0.3 is 4.74 Å². The summed E-state index contributed by atoms with van der Waals surface area (Å²) in [4.78, 5) is 23.3. The molecule has 1 unspecified atom stereocenters. The number of carbonyl (C=O) groups excluding carboxylic acids is 2. The van der Waals surface area contributed by atoms with Crippen LogP contribution >= 0.6 is 27.5 Å². The quantitative estimate of drug-likeness (QED) is 0.485. The van der Waals surface area contributed by atoms with Gasteiger partial charge in [0.1, 0.15) is 0 Å². The molecule has 17 heavy (non-hydrogen) atoms. The second-order valence-electron chi connectivity index (χ2n) is 3.40. The normalized spacial score (nSPS) is 12.0. The maximum absolute atomic E-state index is 11.8. The molecule has 0 aromatic heterocycles. The van der Waals surface area contributed by atoms with E-state index < -0.39 is 11.3 Å². The van der Waals surface area contributed by atoms with Gasteiger partial charge in [-0.3, -0.25) is 4.79 Å². The van der Waals surface area contributed by atoms with E-state index in [1.165, 1.54) is 6.07 Å². The van der Waals surface area contributed by atoms with Gasteiger partial charge in [0.25, 0.3) is 0 Å². The van der Waals surface area contributed by atoms with Crippen LogP contribution in [0.2, 0.25) is 0 Å². The summed E-state index contributed by atoms with van der Waals surface area (Å²) in [6.45, 7) is 3.61. The van der Waals surface area contributed by atoms with Crippen molar-refractivity contribution in [1.29, 1.82) is 0 Å². The second-order valence-corrected chi connectivity index (χ2v) is 4.90. The Morgan fingerprint density at radius 2 is 2.12 bits per heavy atom. The van der Waals surface area contributed by atoms with E-state index in [9.17, 15) is 9.59 Å². The lowest BCUT2D eigenvalue weighted by Gasteiger charge is -2.08. The minimum Gasteiger partial charge on any atom is -0.462 e. The van der Waals surface area contributed by atoms with Crippen LogP contribution in [-0.2, 0) is 4.74 Å². The maximum Gasteiger partial charge on any atom is 0.338 e. The molecule has 1 atom stereocenters. The molecule has 1 rings (SSSR count). The van der Waals surface area contributed by atoms with Crippen LogP contribution in [0, 0.1) is 0 Å². The molecule has 0 N–H and O–H groups in total. The molecular formula is C12H12BrClO3. The minimum absolute atomic E-state index is 0.232. The van der Waals surface area contributed by atoms with E-state index in [4.69, 9.17) is 16.3 Å². The summed E-state index contributed by atoms with van der Waals surface area (Å²) in [6.07, 6.45) is 0. The highest BCUT2D eigenvalue weighted by atomic mass is 79.9. The molecule has 5 heteroatoms. The Kier molecular flexibility index (Phi) is 5.15. The van der Waals surface area contributed by atoms with E-state index in [-0.39, 0.29) is 5.78 Å². The van der Waals surface area contributed by atoms with Crippen molar-refractivity contribution in [3.8, 4) is 0 Å². The van der Waals surface area contributed by atoms with Gasteiger partial charge in [-0.05, 0) is 32.0 Å². The van der Waals surface area contributed by atoms with E-state index >= 15 is 0 Å². The Hall–Kier alpha value is -0.870. The van der Waals surface area contributed by atoms with Gasteiger partial charge in [0, 0.05) is 10.0 Å². The lowest BCUT2D eigenvalue weighted by Crippen LogP contribution is -2.13. The number of ketones is 1. The fraction of sp³-hybridized carbons (Fsp3) is 0.333. The predicted molar refractivity (Wildman–Crippen MR) is 69.7 cm³/mol. The van der Waals surface area contributed by atoms with Gasteiger partial charge >= 0.3 is 5.97 Å². The fourth-order valence-corrected chi connectivity index (χ4v) is 1.83. The Labute approximate surface area is 113 Å². The highest BCUT2D eigenvalue weighted by Crippen LogP contribution is 2.21. The first-order chi connectivity index (χ1) is 7.97. The van der Waals surface area contributed by atoms with Crippen molar-refractivity contribution >= 4 is 39.3 Å². The van der Waals surface area contributed by atoms with Gasteiger partial charge in [0.05, 0.1) is 17.5 Å². The van der Waals surface area contributed by atoms with Gasteiger partial charge in [-0.1, -0.05) is 15.9 Å². The summed E-state index contributed by atoms with van der Waals surface area (Å²) in [5.41, 5.74) is 0.730. The van der Waals surface area contributed by atoms with Crippen molar-refractivity contribution < 1.29 is 14.3 Å². The largest absolute Gasteiger partial charge is 0.462 e. The molecule has 0 fully saturated rings. The third-order valence-electron chi connectivity index (χ3n) is 2.10. The summed E-state index contributed by atoms with van der Waals surface area (Å²) in [5.74, 6) is -0.680. The first-order valence-electron chi connectivity index (χ1n) is 5.12. The number of esters is 1. The van der Waals surface area contributed by atoms with Gasteiger partial charge in [0.15, 0.2) is 5.78 Å². The highest BCUT2D eigenvalue weighted by molar-refractivity contribution is 9.10. The summed E-state index contributed by atoms with van der Waals surface area (Å²) < 4.78 is 5.48. The summed E-state index contributed by atoms with van der Waals surface area (Å²) in [6, 6.07) is 4.72.